The van der Waals surface area contributed by atoms with Crippen LogP contribution in [0.25, 0.3) is 0 Å². The van der Waals surface area contributed by atoms with Crippen LogP contribution in [0.1, 0.15) is 36.0 Å². The van der Waals surface area contributed by atoms with Crippen molar-refractivity contribution in [2.75, 3.05) is 32.6 Å². The fourth-order valence-electron chi connectivity index (χ4n) is 3.11. The van der Waals surface area contributed by atoms with Gasteiger partial charge in [-0.1, -0.05) is 0 Å². The first-order valence-electron chi connectivity index (χ1n) is 8.66. The number of carboxylic acid groups (broad SMARTS) is 1. The van der Waals surface area contributed by atoms with Gasteiger partial charge in [0.15, 0.2) is 9.84 Å². The Bertz CT molecular complexity index is 729. The zero-order valence-corrected chi connectivity index (χ0v) is 15.7. The van der Waals surface area contributed by atoms with E-state index in [-0.39, 0.29) is 35.5 Å². The zero-order valence-electron chi connectivity index (χ0n) is 14.9. The predicted molar refractivity (Wildman–Crippen MR) is 95.9 cm³/mol. The number of piperidine rings is 1. The fraction of sp³-hybridized carbons (Fsp3) is 0.556. The molecule has 1 N–H and O–H groups in total. The Kier molecular flexibility index (Phi) is 7.16. The molecule has 1 fully saturated rings. The van der Waals surface area contributed by atoms with Gasteiger partial charge in [-0.15, -0.1) is 0 Å². The molecule has 0 saturated carbocycles. The predicted octanol–water partition coefficient (Wildman–Crippen LogP) is 1.82. The van der Waals surface area contributed by atoms with Gasteiger partial charge >= 0.3 is 5.97 Å². The summed E-state index contributed by atoms with van der Waals surface area (Å²) < 4.78 is 29.0. The Labute approximate surface area is 153 Å². The highest BCUT2D eigenvalue weighted by Crippen LogP contribution is 2.23. The SMILES string of the molecule is COCCS(=O)(=O)c1ccc(C(=O)N2CCCC(CCC(=O)O)C2)cc1. The number of rotatable bonds is 8. The van der Waals surface area contributed by atoms with E-state index in [1.54, 1.807) is 4.90 Å². The molecule has 1 aromatic rings. The molecule has 0 aromatic heterocycles. The molecule has 1 aromatic carbocycles. The second kappa shape index (κ2) is 9.14. The number of benzene rings is 1. The molecule has 1 atom stereocenters. The maximum atomic E-state index is 12.7. The number of hydrogen-bond acceptors (Lipinski definition) is 5. The lowest BCUT2D eigenvalue weighted by Crippen LogP contribution is -2.40. The van der Waals surface area contributed by atoms with Gasteiger partial charge in [0.05, 0.1) is 17.3 Å². The minimum absolute atomic E-state index is 0.103. The van der Waals surface area contributed by atoms with E-state index in [0.717, 1.165) is 12.8 Å². The number of likely N-dealkylation sites (tertiary alicyclic amines) is 1. The summed E-state index contributed by atoms with van der Waals surface area (Å²) >= 11 is 0. The number of hydrogen-bond donors (Lipinski definition) is 1. The van der Waals surface area contributed by atoms with Crippen molar-refractivity contribution in [3.63, 3.8) is 0 Å². The van der Waals surface area contributed by atoms with Crippen LogP contribution in [0, 0.1) is 5.92 Å². The molecule has 0 aliphatic carbocycles. The van der Waals surface area contributed by atoms with Gasteiger partial charge in [0.25, 0.3) is 5.91 Å². The van der Waals surface area contributed by atoms with E-state index in [2.05, 4.69) is 0 Å². The molecule has 7 nitrogen and oxygen atoms in total. The van der Waals surface area contributed by atoms with E-state index >= 15 is 0 Å². The van der Waals surface area contributed by atoms with Crippen molar-refractivity contribution in [1.82, 2.24) is 4.90 Å². The summed E-state index contributed by atoms with van der Waals surface area (Å²) in [5.41, 5.74) is 0.439. The topological polar surface area (TPSA) is 101 Å². The van der Waals surface area contributed by atoms with Crippen LogP contribution in [-0.2, 0) is 19.4 Å². The third-order valence-electron chi connectivity index (χ3n) is 4.59. The maximum absolute atomic E-state index is 12.7. The van der Waals surface area contributed by atoms with Crippen LogP contribution in [-0.4, -0.2) is 62.9 Å². The average Bonchev–Trinajstić information content (AvgIpc) is 2.64. The van der Waals surface area contributed by atoms with Gasteiger partial charge in [0.1, 0.15) is 0 Å². The first-order chi connectivity index (χ1) is 12.3. The Morgan fingerprint density at radius 2 is 1.96 bits per heavy atom. The second-order valence-corrected chi connectivity index (χ2v) is 8.64. The molecule has 1 heterocycles. The summed E-state index contributed by atoms with van der Waals surface area (Å²) in [5, 5.41) is 8.81. The number of carbonyl (C=O) groups excluding carboxylic acids is 1. The smallest absolute Gasteiger partial charge is 0.303 e. The molecule has 1 aliphatic rings. The molecule has 0 spiro atoms. The number of ether oxygens (including phenoxy) is 1. The van der Waals surface area contributed by atoms with Crippen LogP contribution in [0.4, 0.5) is 0 Å². The normalized spacial score (nSPS) is 17.9. The number of aliphatic carboxylic acids is 1. The van der Waals surface area contributed by atoms with Crippen LogP contribution >= 0.6 is 0 Å². The van der Waals surface area contributed by atoms with Crippen molar-refractivity contribution in [3.8, 4) is 0 Å². The number of carbonyl (C=O) groups is 2. The van der Waals surface area contributed by atoms with Crippen molar-refractivity contribution >= 4 is 21.7 Å². The Hall–Kier alpha value is -1.93. The van der Waals surface area contributed by atoms with Gasteiger partial charge in [0, 0.05) is 32.2 Å². The molecule has 0 radical (unpaired) electrons. The van der Waals surface area contributed by atoms with Gasteiger partial charge in [-0.2, -0.15) is 0 Å². The number of methoxy groups -OCH3 is 1. The molecule has 2 rings (SSSR count). The summed E-state index contributed by atoms with van der Waals surface area (Å²) in [6.45, 7) is 1.30. The van der Waals surface area contributed by atoms with E-state index in [9.17, 15) is 18.0 Å². The molecule has 1 saturated heterocycles. The van der Waals surface area contributed by atoms with Gasteiger partial charge in [0.2, 0.25) is 0 Å². The van der Waals surface area contributed by atoms with E-state index in [4.69, 9.17) is 9.84 Å². The van der Waals surface area contributed by atoms with Crippen molar-refractivity contribution in [1.29, 1.82) is 0 Å². The molecule has 26 heavy (non-hydrogen) atoms. The molecule has 1 unspecified atom stereocenters. The number of nitrogens with zero attached hydrogens (tertiary/aromatic N) is 1. The van der Waals surface area contributed by atoms with Crippen LogP contribution < -0.4 is 0 Å². The highest BCUT2D eigenvalue weighted by molar-refractivity contribution is 7.91. The van der Waals surface area contributed by atoms with E-state index in [1.807, 2.05) is 0 Å². The number of sulfone groups is 1. The second-order valence-electron chi connectivity index (χ2n) is 6.53. The molecule has 1 amide bonds. The van der Waals surface area contributed by atoms with E-state index in [0.29, 0.717) is 25.1 Å². The lowest BCUT2D eigenvalue weighted by Gasteiger charge is -2.32. The van der Waals surface area contributed by atoms with Crippen molar-refractivity contribution in [3.05, 3.63) is 29.8 Å². The minimum atomic E-state index is -3.42. The highest BCUT2D eigenvalue weighted by Gasteiger charge is 2.25. The fourth-order valence-corrected chi connectivity index (χ4v) is 4.28. The lowest BCUT2D eigenvalue weighted by molar-refractivity contribution is -0.137. The first kappa shape index (κ1) is 20.4. The molecular weight excluding hydrogens is 358 g/mol. The largest absolute Gasteiger partial charge is 0.481 e. The highest BCUT2D eigenvalue weighted by atomic mass is 32.2. The van der Waals surface area contributed by atoms with Gasteiger partial charge in [-0.3, -0.25) is 9.59 Å². The molecule has 144 valence electrons. The Morgan fingerprint density at radius 1 is 1.27 bits per heavy atom. The van der Waals surface area contributed by atoms with Crippen molar-refractivity contribution in [2.24, 2.45) is 5.92 Å². The number of carboxylic acids is 1. The van der Waals surface area contributed by atoms with Crippen molar-refractivity contribution in [2.45, 2.75) is 30.6 Å². The van der Waals surface area contributed by atoms with E-state index < -0.39 is 15.8 Å². The molecule has 8 heteroatoms. The minimum Gasteiger partial charge on any atom is -0.481 e. The molecule has 1 aliphatic heterocycles. The van der Waals surface area contributed by atoms with Crippen LogP contribution in [0.15, 0.2) is 29.2 Å². The Balaban J connectivity index is 2.02. The van der Waals surface area contributed by atoms with Gasteiger partial charge in [-0.25, -0.2) is 8.42 Å². The number of amides is 1. The van der Waals surface area contributed by atoms with Gasteiger partial charge in [-0.05, 0) is 49.4 Å². The Morgan fingerprint density at radius 3 is 2.58 bits per heavy atom. The monoisotopic (exact) mass is 383 g/mol. The summed E-state index contributed by atoms with van der Waals surface area (Å²) in [7, 11) is -1.98. The third kappa shape index (κ3) is 5.54. The quantitative estimate of drug-likeness (QED) is 0.735. The summed E-state index contributed by atoms with van der Waals surface area (Å²) in [6.07, 6.45) is 2.45. The van der Waals surface area contributed by atoms with E-state index in [1.165, 1.54) is 31.4 Å². The van der Waals surface area contributed by atoms with Crippen molar-refractivity contribution < 1.29 is 27.9 Å². The first-order valence-corrected chi connectivity index (χ1v) is 10.3. The van der Waals surface area contributed by atoms with Gasteiger partial charge < -0.3 is 14.7 Å². The third-order valence-corrected chi connectivity index (χ3v) is 6.28. The lowest BCUT2D eigenvalue weighted by atomic mass is 9.93. The van der Waals surface area contributed by atoms with Crippen LogP contribution in [0.2, 0.25) is 0 Å². The summed E-state index contributed by atoms with van der Waals surface area (Å²) in [4.78, 5) is 25.3. The maximum Gasteiger partial charge on any atom is 0.303 e. The molecular formula is C18H25NO6S. The summed E-state index contributed by atoms with van der Waals surface area (Å²) in [6, 6.07) is 5.96. The zero-order chi connectivity index (χ0) is 19.2. The van der Waals surface area contributed by atoms with Crippen LogP contribution in [0.5, 0.6) is 0 Å². The summed E-state index contributed by atoms with van der Waals surface area (Å²) in [5.74, 6) is -0.879. The van der Waals surface area contributed by atoms with Crippen LogP contribution in [0.3, 0.4) is 0 Å². The standard InChI is InChI=1S/C18H25NO6S/c1-25-11-12-26(23,24)16-7-5-15(6-8-16)18(22)19-10-2-3-14(13-19)4-9-17(20)21/h5-8,14H,2-4,9-13H2,1H3,(H,20,21). The molecule has 0 bridgehead atoms. The average molecular weight is 383 g/mol.